The predicted molar refractivity (Wildman–Crippen MR) is 95.1 cm³/mol. The lowest BCUT2D eigenvalue weighted by molar-refractivity contribution is 0.675. The molecule has 1 atom stereocenters. The zero-order chi connectivity index (χ0) is 16.0. The van der Waals surface area contributed by atoms with E-state index in [2.05, 4.69) is 70.5 Å². The Balaban J connectivity index is 3.05. The maximum atomic E-state index is 5.57. The van der Waals surface area contributed by atoms with Crippen molar-refractivity contribution in [3.8, 4) is 12.3 Å². The van der Waals surface area contributed by atoms with E-state index in [1.165, 1.54) is 22.3 Å². The van der Waals surface area contributed by atoms with Gasteiger partial charge >= 0.3 is 0 Å². The normalized spacial score (nSPS) is 13.7. The third-order valence-corrected chi connectivity index (χ3v) is 3.91. The monoisotopic (exact) mass is 278 g/mol. The summed E-state index contributed by atoms with van der Waals surface area (Å²) in [6.07, 6.45) is 11.0. The number of benzene rings is 1. The van der Waals surface area contributed by atoms with E-state index in [0.717, 1.165) is 17.5 Å². The lowest BCUT2D eigenvalue weighted by atomic mass is 9.93. The molecule has 0 aliphatic carbocycles. The SMILES string of the molecule is C#Cc1cc(C(/C=C(\C)CC(C)C(=C)C)=C/C)ccc1C. The van der Waals surface area contributed by atoms with Gasteiger partial charge in [0.1, 0.15) is 0 Å². The number of aryl methyl sites for hydroxylation is 1. The Morgan fingerprint density at radius 1 is 1.38 bits per heavy atom. The van der Waals surface area contributed by atoms with Crippen LogP contribution in [0.15, 0.2) is 48.1 Å². The summed E-state index contributed by atoms with van der Waals surface area (Å²) in [7, 11) is 0. The third kappa shape index (κ3) is 4.80. The van der Waals surface area contributed by atoms with E-state index < -0.39 is 0 Å². The first-order valence-corrected chi connectivity index (χ1v) is 7.45. The van der Waals surface area contributed by atoms with E-state index in [4.69, 9.17) is 6.42 Å². The summed E-state index contributed by atoms with van der Waals surface area (Å²) >= 11 is 0. The Hall–Kier alpha value is -2.00. The van der Waals surface area contributed by atoms with Crippen molar-refractivity contribution in [1.82, 2.24) is 0 Å². The lowest BCUT2D eigenvalue weighted by Gasteiger charge is -2.12. The Morgan fingerprint density at radius 2 is 2.05 bits per heavy atom. The van der Waals surface area contributed by atoms with Gasteiger partial charge in [0.15, 0.2) is 0 Å². The number of allylic oxidation sites excluding steroid dienone is 5. The van der Waals surface area contributed by atoms with Crippen LogP contribution in [-0.4, -0.2) is 0 Å². The molecule has 21 heavy (non-hydrogen) atoms. The molecule has 0 heteroatoms. The standard InChI is InChI=1S/C21H26/c1-8-19-14-21(11-10-17(19)6)20(9-2)13-16(5)12-18(7)15(3)4/h1,9-11,13-14,18H,3,12H2,2,4-7H3/b16-13+,20-9+. The fraction of sp³-hybridized carbons (Fsp3) is 0.333. The average Bonchev–Trinajstić information content (AvgIpc) is 2.45. The second-order valence-electron chi connectivity index (χ2n) is 5.86. The maximum absolute atomic E-state index is 5.57. The lowest BCUT2D eigenvalue weighted by Crippen LogP contribution is -1.96. The third-order valence-electron chi connectivity index (χ3n) is 3.91. The number of hydrogen-bond acceptors (Lipinski definition) is 0. The first-order chi connectivity index (χ1) is 9.88. The van der Waals surface area contributed by atoms with Crippen LogP contribution < -0.4 is 0 Å². The molecule has 0 saturated heterocycles. The molecule has 0 heterocycles. The smallest absolute Gasteiger partial charge is 0.0277 e. The molecule has 0 spiro atoms. The van der Waals surface area contributed by atoms with E-state index >= 15 is 0 Å². The van der Waals surface area contributed by atoms with Gasteiger partial charge in [-0.2, -0.15) is 0 Å². The molecule has 0 bridgehead atoms. The van der Waals surface area contributed by atoms with Crippen LogP contribution >= 0.6 is 0 Å². The fourth-order valence-electron chi connectivity index (χ4n) is 2.27. The van der Waals surface area contributed by atoms with Crippen molar-refractivity contribution < 1.29 is 0 Å². The van der Waals surface area contributed by atoms with Crippen LogP contribution in [0.1, 0.15) is 50.8 Å². The number of rotatable bonds is 5. The van der Waals surface area contributed by atoms with Crippen molar-refractivity contribution in [1.29, 1.82) is 0 Å². The fourth-order valence-corrected chi connectivity index (χ4v) is 2.27. The van der Waals surface area contributed by atoms with Gasteiger partial charge in [0.25, 0.3) is 0 Å². The highest BCUT2D eigenvalue weighted by molar-refractivity contribution is 5.75. The van der Waals surface area contributed by atoms with Gasteiger partial charge < -0.3 is 0 Å². The highest BCUT2D eigenvalue weighted by atomic mass is 14.1. The molecule has 1 aromatic carbocycles. The molecular weight excluding hydrogens is 252 g/mol. The zero-order valence-corrected chi connectivity index (χ0v) is 14.0. The van der Waals surface area contributed by atoms with E-state index in [9.17, 15) is 0 Å². The highest BCUT2D eigenvalue weighted by Crippen LogP contribution is 2.24. The molecule has 0 aromatic heterocycles. The molecule has 0 aliphatic heterocycles. The van der Waals surface area contributed by atoms with Gasteiger partial charge in [0, 0.05) is 5.56 Å². The molecule has 0 aliphatic rings. The van der Waals surface area contributed by atoms with Crippen molar-refractivity contribution >= 4 is 5.57 Å². The van der Waals surface area contributed by atoms with Crippen LogP contribution in [0.2, 0.25) is 0 Å². The summed E-state index contributed by atoms with van der Waals surface area (Å²) in [5.74, 6) is 3.27. The molecular formula is C21H26. The molecule has 1 unspecified atom stereocenters. The van der Waals surface area contributed by atoms with Crippen LogP contribution in [0.4, 0.5) is 0 Å². The molecule has 1 aromatic rings. The summed E-state index contributed by atoms with van der Waals surface area (Å²) in [6.45, 7) is 14.6. The van der Waals surface area contributed by atoms with Gasteiger partial charge in [-0.05, 0) is 62.8 Å². The van der Waals surface area contributed by atoms with Gasteiger partial charge in [0.05, 0.1) is 0 Å². The number of hydrogen-bond donors (Lipinski definition) is 0. The minimum absolute atomic E-state index is 0.513. The molecule has 1 rings (SSSR count). The molecule has 0 saturated carbocycles. The quantitative estimate of drug-likeness (QED) is 0.356. The summed E-state index contributed by atoms with van der Waals surface area (Å²) in [6, 6.07) is 6.32. The van der Waals surface area contributed by atoms with Gasteiger partial charge in [-0.15, -0.1) is 6.42 Å². The van der Waals surface area contributed by atoms with E-state index in [0.29, 0.717) is 5.92 Å². The Morgan fingerprint density at radius 3 is 2.57 bits per heavy atom. The van der Waals surface area contributed by atoms with E-state index in [1.807, 2.05) is 6.92 Å². The van der Waals surface area contributed by atoms with Gasteiger partial charge in [-0.3, -0.25) is 0 Å². The summed E-state index contributed by atoms with van der Waals surface area (Å²) in [5, 5.41) is 0. The molecule has 0 amide bonds. The largest absolute Gasteiger partial charge is 0.115 e. The number of terminal acetylenes is 1. The Labute approximate surface area is 130 Å². The molecule has 0 N–H and O–H groups in total. The predicted octanol–water partition coefficient (Wildman–Crippen LogP) is 5.93. The molecule has 0 fully saturated rings. The molecule has 0 nitrogen and oxygen atoms in total. The van der Waals surface area contributed by atoms with Crippen LogP contribution in [-0.2, 0) is 0 Å². The van der Waals surface area contributed by atoms with Crippen molar-refractivity contribution in [3.63, 3.8) is 0 Å². The van der Waals surface area contributed by atoms with Crippen molar-refractivity contribution in [2.45, 2.75) is 41.0 Å². The Kier molecular flexibility index (Phi) is 6.25. The summed E-state index contributed by atoms with van der Waals surface area (Å²) in [5.41, 5.74) is 7.11. The first kappa shape index (κ1) is 17.1. The van der Waals surface area contributed by atoms with E-state index in [1.54, 1.807) is 0 Å². The van der Waals surface area contributed by atoms with Crippen LogP contribution in [0, 0.1) is 25.2 Å². The topological polar surface area (TPSA) is 0 Å². The summed E-state index contributed by atoms with van der Waals surface area (Å²) in [4.78, 5) is 0. The minimum atomic E-state index is 0.513. The maximum Gasteiger partial charge on any atom is 0.0277 e. The van der Waals surface area contributed by atoms with Gasteiger partial charge in [-0.1, -0.05) is 54.9 Å². The zero-order valence-electron chi connectivity index (χ0n) is 14.0. The van der Waals surface area contributed by atoms with Gasteiger partial charge in [-0.25, -0.2) is 0 Å². The van der Waals surface area contributed by atoms with Crippen molar-refractivity contribution in [2.75, 3.05) is 0 Å². The molecule has 0 radical (unpaired) electrons. The summed E-state index contributed by atoms with van der Waals surface area (Å²) < 4.78 is 0. The van der Waals surface area contributed by atoms with Crippen LogP contribution in [0.3, 0.4) is 0 Å². The second-order valence-corrected chi connectivity index (χ2v) is 5.86. The minimum Gasteiger partial charge on any atom is -0.115 e. The van der Waals surface area contributed by atoms with Crippen molar-refractivity contribution in [2.24, 2.45) is 5.92 Å². The van der Waals surface area contributed by atoms with Crippen LogP contribution in [0.5, 0.6) is 0 Å². The second kappa shape index (κ2) is 7.70. The van der Waals surface area contributed by atoms with Crippen LogP contribution in [0.25, 0.3) is 5.57 Å². The molecule has 110 valence electrons. The van der Waals surface area contributed by atoms with Gasteiger partial charge in [0.2, 0.25) is 0 Å². The van der Waals surface area contributed by atoms with Crippen molar-refractivity contribution in [3.05, 3.63) is 64.8 Å². The first-order valence-electron chi connectivity index (χ1n) is 7.45. The Bertz CT molecular complexity index is 618. The highest BCUT2D eigenvalue weighted by Gasteiger charge is 2.06. The average molecular weight is 278 g/mol. The van der Waals surface area contributed by atoms with E-state index in [-0.39, 0.29) is 0 Å².